The zero-order valence-electron chi connectivity index (χ0n) is 10.9. The first-order chi connectivity index (χ1) is 9.24. The summed E-state index contributed by atoms with van der Waals surface area (Å²) in [5.74, 6) is 0. The van der Waals surface area contributed by atoms with Gasteiger partial charge in [0.2, 0.25) is 0 Å². The van der Waals surface area contributed by atoms with Crippen LogP contribution in [0.2, 0.25) is 0 Å². The Hall–Kier alpha value is -2.00. The largest absolute Gasteiger partial charge is 0.265 e. The highest BCUT2D eigenvalue weighted by Gasteiger charge is 2.07. The Morgan fingerprint density at radius 1 is 0.895 bits per heavy atom. The average Bonchev–Trinajstić information content (AvgIpc) is 2.93. The fourth-order valence-corrected chi connectivity index (χ4v) is 2.77. The molecule has 0 fully saturated rings. The van der Waals surface area contributed by atoms with Crippen LogP contribution in [0, 0.1) is 13.8 Å². The minimum Gasteiger partial charge on any atom is -0.265 e. The molecule has 3 rings (SSSR count). The van der Waals surface area contributed by atoms with Gasteiger partial charge >= 0.3 is 0 Å². The lowest BCUT2D eigenvalue weighted by molar-refractivity contribution is 1.31. The third-order valence-corrected chi connectivity index (χ3v) is 4.13. The molecule has 3 heteroatoms. The minimum atomic E-state index is 1.04. The molecule has 2 nitrogen and oxygen atoms in total. The third kappa shape index (κ3) is 2.42. The Balaban J connectivity index is 1.99. The van der Waals surface area contributed by atoms with Gasteiger partial charge < -0.3 is 0 Å². The molecule has 3 aromatic rings. The fourth-order valence-electron chi connectivity index (χ4n) is 1.93. The van der Waals surface area contributed by atoms with Crippen LogP contribution in [-0.4, -0.2) is 9.97 Å². The van der Waals surface area contributed by atoms with E-state index < -0.39 is 0 Å². The van der Waals surface area contributed by atoms with E-state index >= 15 is 0 Å². The smallest absolute Gasteiger partial charge is 0.124 e. The van der Waals surface area contributed by atoms with Gasteiger partial charge in [0.1, 0.15) is 5.01 Å². The Morgan fingerprint density at radius 2 is 1.68 bits per heavy atom. The highest BCUT2D eigenvalue weighted by atomic mass is 32.1. The van der Waals surface area contributed by atoms with Crippen LogP contribution in [0.5, 0.6) is 0 Å². The first kappa shape index (κ1) is 12.1. The number of nitrogens with zero attached hydrogens (tertiary/aromatic N) is 2. The number of rotatable bonds is 2. The summed E-state index contributed by atoms with van der Waals surface area (Å²) in [5, 5.41) is 3.15. The van der Waals surface area contributed by atoms with Gasteiger partial charge in [-0.1, -0.05) is 12.1 Å². The molecule has 0 bridgehead atoms. The SMILES string of the molecule is Cc1ccc(-c2csc(-c3ccncc3)n2)cc1C. The van der Waals surface area contributed by atoms with Crippen LogP contribution in [0.25, 0.3) is 21.8 Å². The van der Waals surface area contributed by atoms with E-state index in [1.807, 2.05) is 12.1 Å². The lowest BCUT2D eigenvalue weighted by Gasteiger charge is -2.02. The molecule has 0 amide bonds. The van der Waals surface area contributed by atoms with Crippen molar-refractivity contribution < 1.29 is 0 Å². The van der Waals surface area contributed by atoms with Crippen LogP contribution >= 0.6 is 11.3 Å². The zero-order valence-corrected chi connectivity index (χ0v) is 11.7. The summed E-state index contributed by atoms with van der Waals surface area (Å²) in [4.78, 5) is 8.75. The van der Waals surface area contributed by atoms with Crippen molar-refractivity contribution in [3.05, 3.63) is 59.2 Å². The molecule has 1 aromatic carbocycles. The molecule has 0 atom stereocenters. The molecule has 2 aromatic heterocycles. The van der Waals surface area contributed by atoms with Gasteiger partial charge in [-0.25, -0.2) is 4.98 Å². The van der Waals surface area contributed by atoms with Crippen molar-refractivity contribution in [3.63, 3.8) is 0 Å². The van der Waals surface area contributed by atoms with Gasteiger partial charge in [0.15, 0.2) is 0 Å². The van der Waals surface area contributed by atoms with Crippen LogP contribution in [-0.2, 0) is 0 Å². The quantitative estimate of drug-likeness (QED) is 0.683. The van der Waals surface area contributed by atoms with Crippen molar-refractivity contribution in [3.8, 4) is 21.8 Å². The summed E-state index contributed by atoms with van der Waals surface area (Å²) in [7, 11) is 0. The lowest BCUT2D eigenvalue weighted by Crippen LogP contribution is -1.84. The Labute approximate surface area is 116 Å². The van der Waals surface area contributed by atoms with Crippen LogP contribution in [0.3, 0.4) is 0 Å². The van der Waals surface area contributed by atoms with E-state index in [1.165, 1.54) is 16.7 Å². The molecule has 0 N–H and O–H groups in total. The van der Waals surface area contributed by atoms with Crippen molar-refractivity contribution >= 4 is 11.3 Å². The number of benzene rings is 1. The number of hydrogen-bond donors (Lipinski definition) is 0. The number of aryl methyl sites for hydroxylation is 2. The van der Waals surface area contributed by atoms with E-state index in [4.69, 9.17) is 4.98 Å². The number of thiazole rings is 1. The van der Waals surface area contributed by atoms with E-state index in [-0.39, 0.29) is 0 Å². The van der Waals surface area contributed by atoms with Crippen LogP contribution in [0.4, 0.5) is 0 Å². The van der Waals surface area contributed by atoms with E-state index in [9.17, 15) is 0 Å². The normalized spacial score (nSPS) is 10.6. The summed E-state index contributed by atoms with van der Waals surface area (Å²) >= 11 is 1.67. The van der Waals surface area contributed by atoms with Crippen molar-refractivity contribution in [2.45, 2.75) is 13.8 Å². The van der Waals surface area contributed by atoms with Crippen molar-refractivity contribution in [1.82, 2.24) is 9.97 Å². The molecule has 19 heavy (non-hydrogen) atoms. The summed E-state index contributed by atoms with van der Waals surface area (Å²) in [5.41, 5.74) is 5.96. The fraction of sp³-hybridized carbons (Fsp3) is 0.125. The van der Waals surface area contributed by atoms with E-state index in [2.05, 4.69) is 42.4 Å². The van der Waals surface area contributed by atoms with Gasteiger partial charge in [-0.3, -0.25) is 4.98 Å². The highest BCUT2D eigenvalue weighted by Crippen LogP contribution is 2.29. The first-order valence-corrected chi connectivity index (χ1v) is 7.05. The number of pyridine rings is 1. The van der Waals surface area contributed by atoms with Crippen LogP contribution in [0.1, 0.15) is 11.1 Å². The molecule has 94 valence electrons. The molecule has 0 spiro atoms. The molecule has 0 saturated carbocycles. The van der Waals surface area contributed by atoms with Gasteiger partial charge in [0, 0.05) is 28.9 Å². The summed E-state index contributed by atoms with van der Waals surface area (Å²) in [6, 6.07) is 10.5. The highest BCUT2D eigenvalue weighted by molar-refractivity contribution is 7.13. The minimum absolute atomic E-state index is 1.04. The second kappa shape index (κ2) is 4.94. The molecular weight excluding hydrogens is 252 g/mol. The maximum Gasteiger partial charge on any atom is 0.124 e. The topological polar surface area (TPSA) is 25.8 Å². The van der Waals surface area contributed by atoms with Gasteiger partial charge in [-0.05, 0) is 43.2 Å². The Morgan fingerprint density at radius 3 is 2.42 bits per heavy atom. The average molecular weight is 266 g/mol. The van der Waals surface area contributed by atoms with E-state index in [1.54, 1.807) is 23.7 Å². The second-order valence-corrected chi connectivity index (χ2v) is 5.43. The standard InChI is InChI=1S/C16H14N2S/c1-11-3-4-14(9-12(11)2)15-10-19-16(18-15)13-5-7-17-8-6-13/h3-10H,1-2H3. The van der Waals surface area contributed by atoms with E-state index in [0.29, 0.717) is 0 Å². The Bertz CT molecular complexity index is 702. The molecule has 0 aliphatic heterocycles. The number of aromatic nitrogens is 2. The summed E-state index contributed by atoms with van der Waals surface area (Å²) < 4.78 is 0. The monoisotopic (exact) mass is 266 g/mol. The zero-order chi connectivity index (χ0) is 13.2. The maximum absolute atomic E-state index is 4.71. The van der Waals surface area contributed by atoms with Gasteiger partial charge in [0.05, 0.1) is 5.69 Å². The molecule has 0 aliphatic carbocycles. The number of hydrogen-bond acceptors (Lipinski definition) is 3. The van der Waals surface area contributed by atoms with Crippen molar-refractivity contribution in [2.75, 3.05) is 0 Å². The molecular formula is C16H14N2S. The van der Waals surface area contributed by atoms with Crippen molar-refractivity contribution in [2.24, 2.45) is 0 Å². The van der Waals surface area contributed by atoms with Gasteiger partial charge in [0.25, 0.3) is 0 Å². The third-order valence-electron chi connectivity index (χ3n) is 3.23. The molecule has 0 radical (unpaired) electrons. The predicted molar refractivity (Wildman–Crippen MR) is 80.3 cm³/mol. The molecule has 0 saturated heterocycles. The molecule has 2 heterocycles. The van der Waals surface area contributed by atoms with Crippen molar-refractivity contribution in [1.29, 1.82) is 0 Å². The Kier molecular flexibility index (Phi) is 3.13. The van der Waals surface area contributed by atoms with Crippen LogP contribution in [0.15, 0.2) is 48.1 Å². The first-order valence-electron chi connectivity index (χ1n) is 6.17. The van der Waals surface area contributed by atoms with Gasteiger partial charge in [-0.2, -0.15) is 0 Å². The second-order valence-electron chi connectivity index (χ2n) is 4.57. The molecule has 0 unspecified atom stereocenters. The summed E-state index contributed by atoms with van der Waals surface area (Å²) in [6.07, 6.45) is 3.60. The van der Waals surface area contributed by atoms with E-state index in [0.717, 1.165) is 16.3 Å². The van der Waals surface area contributed by atoms with Gasteiger partial charge in [-0.15, -0.1) is 11.3 Å². The van der Waals surface area contributed by atoms with Crippen LogP contribution < -0.4 is 0 Å². The lowest BCUT2D eigenvalue weighted by atomic mass is 10.1. The summed E-state index contributed by atoms with van der Waals surface area (Å²) in [6.45, 7) is 4.26. The molecule has 0 aliphatic rings. The predicted octanol–water partition coefficient (Wildman–Crippen LogP) is 4.49. The maximum atomic E-state index is 4.71.